The molecule has 0 aromatic heterocycles. The standard InChI is InChI=1S/C13H27O3.Ti/c1-11(2,3)14-10(15-12(4,5)6)16-13(7,8)9;/h1-9H3;/q;+3. The molecule has 0 saturated carbocycles. The molecule has 98 valence electrons. The molecule has 0 bridgehead atoms. The van der Waals surface area contributed by atoms with Crippen molar-refractivity contribution in [3.63, 3.8) is 0 Å². The van der Waals surface area contributed by atoms with Gasteiger partial charge < -0.3 is 0 Å². The molecular weight excluding hydrogens is 252 g/mol. The van der Waals surface area contributed by atoms with Gasteiger partial charge in [0.2, 0.25) is 0 Å². The van der Waals surface area contributed by atoms with Crippen LogP contribution in [0, 0.1) is 0 Å². The molecule has 0 aliphatic rings. The molecule has 0 amide bonds. The van der Waals surface area contributed by atoms with Crippen LogP contribution in [0.25, 0.3) is 0 Å². The third kappa shape index (κ3) is 10.2. The van der Waals surface area contributed by atoms with Gasteiger partial charge in [0.05, 0.1) is 0 Å². The zero-order valence-corrected chi connectivity index (χ0v) is 14.3. The third-order valence-corrected chi connectivity index (χ3v) is 1.80. The molecule has 3 nitrogen and oxygen atoms in total. The van der Waals surface area contributed by atoms with E-state index in [0.717, 1.165) is 0 Å². The van der Waals surface area contributed by atoms with Gasteiger partial charge in [0.15, 0.2) is 0 Å². The number of hydrogen-bond acceptors (Lipinski definition) is 3. The molecule has 0 saturated heterocycles. The molecule has 0 rings (SSSR count). The van der Waals surface area contributed by atoms with E-state index < -0.39 is 4.28 Å². The van der Waals surface area contributed by atoms with Crippen molar-refractivity contribution in [1.82, 2.24) is 0 Å². The molecule has 0 atom stereocenters. The molecule has 0 aliphatic heterocycles. The average Bonchev–Trinajstić information content (AvgIpc) is 1.65. The molecule has 0 N–H and O–H groups in total. The molecule has 0 heterocycles. The van der Waals surface area contributed by atoms with Gasteiger partial charge in [0.1, 0.15) is 0 Å². The summed E-state index contributed by atoms with van der Waals surface area (Å²) in [5.74, 6) is 0. The van der Waals surface area contributed by atoms with Crippen LogP contribution >= 0.6 is 0 Å². The quantitative estimate of drug-likeness (QED) is 0.583. The van der Waals surface area contributed by atoms with Crippen LogP contribution in [-0.4, -0.2) is 21.1 Å². The van der Waals surface area contributed by atoms with Crippen molar-refractivity contribution in [2.45, 2.75) is 83.4 Å². The summed E-state index contributed by atoms with van der Waals surface area (Å²) in [4.78, 5) is 0. The fraction of sp³-hybridized carbons (Fsp3) is 1.00. The van der Waals surface area contributed by atoms with E-state index in [1.54, 1.807) is 0 Å². The molecular formula is C13H27O3Ti+3. The Kier molecular flexibility index (Phi) is 5.48. The van der Waals surface area contributed by atoms with Gasteiger partial charge in [0, 0.05) is 0 Å². The van der Waals surface area contributed by atoms with Gasteiger partial charge in [-0.2, -0.15) is 0 Å². The molecule has 0 aromatic rings. The van der Waals surface area contributed by atoms with Gasteiger partial charge in [-0.25, -0.2) is 0 Å². The number of hydrogen-bond donors (Lipinski definition) is 0. The number of rotatable bonds is 3. The minimum absolute atomic E-state index is 0.328. The Labute approximate surface area is 118 Å². The average molecular weight is 279 g/mol. The van der Waals surface area contributed by atoms with Crippen LogP contribution in [0.1, 0.15) is 62.3 Å². The van der Waals surface area contributed by atoms with Crippen molar-refractivity contribution in [3.05, 3.63) is 0 Å². The summed E-state index contributed by atoms with van der Waals surface area (Å²) < 4.78 is 16.8. The fourth-order valence-electron chi connectivity index (χ4n) is 1.27. The Hall–Kier alpha value is 0.594. The third-order valence-electron chi connectivity index (χ3n) is 1.32. The maximum absolute atomic E-state index is 5.93. The van der Waals surface area contributed by atoms with Crippen LogP contribution < -0.4 is 0 Å². The zero-order chi connectivity index (χ0) is 14.1. The fourth-order valence-corrected chi connectivity index (χ4v) is 2.71. The van der Waals surface area contributed by atoms with Crippen LogP contribution in [0.4, 0.5) is 0 Å². The van der Waals surface area contributed by atoms with Gasteiger partial charge in [-0.1, -0.05) is 0 Å². The van der Waals surface area contributed by atoms with E-state index in [4.69, 9.17) is 14.2 Å². The van der Waals surface area contributed by atoms with Gasteiger partial charge in [-0.3, -0.25) is 0 Å². The van der Waals surface area contributed by atoms with Crippen molar-refractivity contribution in [2.24, 2.45) is 0 Å². The van der Waals surface area contributed by atoms with Crippen LogP contribution in [0.2, 0.25) is 0 Å². The summed E-state index contributed by atoms with van der Waals surface area (Å²) in [6.07, 6.45) is 0. The summed E-state index contributed by atoms with van der Waals surface area (Å²) in [5.41, 5.74) is -0.984. The van der Waals surface area contributed by atoms with E-state index in [1.807, 2.05) is 82.7 Å². The Bertz CT molecular complexity index is 202. The van der Waals surface area contributed by atoms with E-state index >= 15 is 0 Å². The predicted molar refractivity (Wildman–Crippen MR) is 65.2 cm³/mol. The molecule has 0 aromatic carbocycles. The molecule has 4 heteroatoms. The summed E-state index contributed by atoms with van der Waals surface area (Å²) >= 11 is 1.83. The zero-order valence-electron chi connectivity index (χ0n) is 12.7. The first-order chi connectivity index (χ1) is 7.12. The molecule has 0 fully saturated rings. The monoisotopic (exact) mass is 279 g/mol. The van der Waals surface area contributed by atoms with E-state index in [2.05, 4.69) is 0 Å². The Morgan fingerprint density at radius 2 is 0.706 bits per heavy atom. The maximum atomic E-state index is 5.93. The molecule has 0 unspecified atom stereocenters. The first-order valence-corrected chi connectivity index (χ1v) is 6.76. The second kappa shape index (κ2) is 5.30. The summed E-state index contributed by atoms with van der Waals surface area (Å²) in [6, 6.07) is 0. The normalized spacial score (nSPS) is 15.2. The van der Waals surface area contributed by atoms with Gasteiger partial charge in [0.25, 0.3) is 0 Å². The van der Waals surface area contributed by atoms with E-state index in [1.165, 1.54) is 0 Å². The molecule has 0 spiro atoms. The van der Waals surface area contributed by atoms with E-state index in [0.29, 0.717) is 0 Å². The van der Waals surface area contributed by atoms with Crippen molar-refractivity contribution in [1.29, 1.82) is 0 Å². The van der Waals surface area contributed by atoms with Crippen molar-refractivity contribution < 1.29 is 34.6 Å². The summed E-state index contributed by atoms with van der Waals surface area (Å²) in [6.45, 7) is 17.9. The Morgan fingerprint density at radius 1 is 0.529 bits per heavy atom. The van der Waals surface area contributed by atoms with Crippen molar-refractivity contribution in [2.75, 3.05) is 0 Å². The SMILES string of the molecule is CC(C)(C)O[C]([Ti+3])(OC(C)(C)C)OC(C)(C)C. The first-order valence-electron chi connectivity index (χ1n) is 5.97. The minimum atomic E-state index is -1.05. The topological polar surface area (TPSA) is 27.7 Å². The second-order valence-corrected chi connectivity index (χ2v) is 8.16. The predicted octanol–water partition coefficient (Wildman–Crippen LogP) is 3.59. The summed E-state index contributed by atoms with van der Waals surface area (Å²) in [7, 11) is 0. The second-order valence-electron chi connectivity index (χ2n) is 7.20. The first kappa shape index (κ1) is 17.6. The molecule has 0 aliphatic carbocycles. The van der Waals surface area contributed by atoms with Crippen molar-refractivity contribution >= 4 is 0 Å². The van der Waals surface area contributed by atoms with E-state index in [-0.39, 0.29) is 16.8 Å². The molecule has 17 heavy (non-hydrogen) atoms. The van der Waals surface area contributed by atoms with E-state index in [9.17, 15) is 0 Å². The van der Waals surface area contributed by atoms with Crippen LogP contribution in [0.3, 0.4) is 0 Å². The van der Waals surface area contributed by atoms with Crippen LogP contribution in [0.5, 0.6) is 0 Å². The van der Waals surface area contributed by atoms with Gasteiger partial charge >= 0.3 is 118 Å². The Morgan fingerprint density at radius 3 is 0.824 bits per heavy atom. The number of ether oxygens (including phenoxy) is 3. The van der Waals surface area contributed by atoms with Gasteiger partial charge in [-0.05, 0) is 0 Å². The Balaban J connectivity index is 4.95. The van der Waals surface area contributed by atoms with Crippen molar-refractivity contribution in [3.8, 4) is 0 Å². The van der Waals surface area contributed by atoms with Gasteiger partial charge in [-0.15, -0.1) is 0 Å². The molecule has 0 radical (unpaired) electrons. The van der Waals surface area contributed by atoms with Crippen LogP contribution in [-0.2, 0) is 34.6 Å². The van der Waals surface area contributed by atoms with Crippen LogP contribution in [0.15, 0.2) is 0 Å². The summed E-state index contributed by atoms with van der Waals surface area (Å²) in [5, 5.41) is 0.